The monoisotopic (exact) mass is 576 g/mol. The van der Waals surface area contributed by atoms with Crippen LogP contribution in [-0.4, -0.2) is 6.21 Å². The van der Waals surface area contributed by atoms with Gasteiger partial charge in [0.25, 0.3) is 0 Å². The highest BCUT2D eigenvalue weighted by Gasteiger charge is 2.12. The summed E-state index contributed by atoms with van der Waals surface area (Å²) in [4.78, 5) is 0. The minimum absolute atomic E-state index is 0.855. The molecule has 2 heteroatoms. The first-order valence-corrected chi connectivity index (χ1v) is 15.2. The van der Waals surface area contributed by atoms with E-state index in [0.717, 1.165) is 39.2 Å². The van der Waals surface area contributed by atoms with Gasteiger partial charge >= 0.3 is 0 Å². The summed E-state index contributed by atoms with van der Waals surface area (Å²) in [6, 6.07) is 61.8. The Labute approximate surface area is 264 Å². The van der Waals surface area contributed by atoms with Crippen LogP contribution in [0.5, 0.6) is 0 Å². The molecule has 2 nitrogen and oxygen atoms in total. The van der Waals surface area contributed by atoms with Gasteiger partial charge in [0.1, 0.15) is 0 Å². The molecule has 214 valence electrons. The van der Waals surface area contributed by atoms with Crippen molar-refractivity contribution in [2.24, 2.45) is 0 Å². The number of benzene rings is 7. The molecule has 0 saturated heterocycles. The van der Waals surface area contributed by atoms with Crippen LogP contribution in [0.3, 0.4) is 0 Å². The van der Waals surface area contributed by atoms with Gasteiger partial charge in [0.05, 0.1) is 0 Å². The second kappa shape index (κ2) is 12.7. The second-order valence-corrected chi connectivity index (χ2v) is 11.1. The fraction of sp³-hybridized carbons (Fsp3) is 0. The van der Waals surface area contributed by atoms with Gasteiger partial charge in [-0.2, -0.15) is 0 Å². The van der Waals surface area contributed by atoms with E-state index in [1.165, 1.54) is 39.6 Å². The molecule has 7 rings (SSSR count). The maximum atomic E-state index is 7.76. The van der Waals surface area contributed by atoms with E-state index in [4.69, 9.17) is 5.41 Å². The van der Waals surface area contributed by atoms with Crippen molar-refractivity contribution in [3.63, 3.8) is 0 Å². The molecular weight excluding hydrogens is 544 g/mol. The summed E-state index contributed by atoms with van der Waals surface area (Å²) < 4.78 is 0. The van der Waals surface area contributed by atoms with Crippen molar-refractivity contribution >= 4 is 17.6 Å². The van der Waals surface area contributed by atoms with Crippen LogP contribution in [0.1, 0.15) is 5.56 Å². The van der Waals surface area contributed by atoms with Crippen molar-refractivity contribution in [2.75, 3.05) is 5.32 Å². The zero-order valence-electron chi connectivity index (χ0n) is 24.8. The minimum atomic E-state index is 0.855. The lowest BCUT2D eigenvalue weighted by molar-refractivity contribution is 1.50. The average molecular weight is 577 g/mol. The van der Waals surface area contributed by atoms with Crippen LogP contribution in [0.2, 0.25) is 0 Å². The van der Waals surface area contributed by atoms with Crippen molar-refractivity contribution in [3.05, 3.63) is 181 Å². The van der Waals surface area contributed by atoms with E-state index in [9.17, 15) is 0 Å². The van der Waals surface area contributed by atoms with Crippen molar-refractivity contribution in [3.8, 4) is 55.6 Å². The predicted octanol–water partition coefficient (Wildman–Crippen LogP) is 11.8. The molecule has 0 aliphatic heterocycles. The van der Waals surface area contributed by atoms with E-state index >= 15 is 0 Å². The molecule has 0 heterocycles. The molecule has 0 saturated carbocycles. The lowest BCUT2D eigenvalue weighted by Crippen LogP contribution is -1.96. The molecule has 45 heavy (non-hydrogen) atoms. The molecule has 7 aromatic carbocycles. The molecule has 0 unspecified atom stereocenters. The van der Waals surface area contributed by atoms with Gasteiger partial charge in [-0.15, -0.1) is 0 Å². The molecule has 0 aliphatic rings. The molecule has 0 aliphatic carbocycles. The van der Waals surface area contributed by atoms with Gasteiger partial charge in [0.2, 0.25) is 0 Å². The first-order chi connectivity index (χ1) is 22.2. The largest absolute Gasteiger partial charge is 0.355 e. The summed E-state index contributed by atoms with van der Waals surface area (Å²) >= 11 is 0. The summed E-state index contributed by atoms with van der Waals surface area (Å²) in [6.45, 7) is 0. The fourth-order valence-electron chi connectivity index (χ4n) is 5.82. The molecule has 0 bridgehead atoms. The van der Waals surface area contributed by atoms with Crippen LogP contribution in [0.25, 0.3) is 55.6 Å². The van der Waals surface area contributed by atoms with Crippen LogP contribution in [0, 0.1) is 5.41 Å². The Morgan fingerprint density at radius 2 is 0.800 bits per heavy atom. The smallest absolute Gasteiger partial charge is 0.0470 e. The molecule has 7 aromatic rings. The summed E-state index contributed by atoms with van der Waals surface area (Å²) in [5, 5.41) is 11.4. The van der Waals surface area contributed by atoms with E-state index in [2.05, 4.69) is 151 Å². The van der Waals surface area contributed by atoms with Crippen LogP contribution in [0.4, 0.5) is 11.4 Å². The molecular formula is C43H32N2. The second-order valence-electron chi connectivity index (χ2n) is 11.1. The molecule has 2 N–H and O–H groups in total. The van der Waals surface area contributed by atoms with Gasteiger partial charge < -0.3 is 10.7 Å². The minimum Gasteiger partial charge on any atom is -0.355 e. The summed E-state index contributed by atoms with van der Waals surface area (Å²) in [6.07, 6.45) is 1.38. The standard InChI is InChI=1S/C43H32N2/c44-30-31-11-7-22-41(25-31)45-43-29-39(37-19-9-17-35(27-37)33-14-5-2-6-15-33)23-24-42(43)40-21-10-20-38(28-40)36-18-8-16-34(26-36)32-12-3-1-4-13-32/h1-30,44-45H. The Morgan fingerprint density at radius 3 is 1.36 bits per heavy atom. The fourth-order valence-corrected chi connectivity index (χ4v) is 5.82. The predicted molar refractivity (Wildman–Crippen MR) is 191 cm³/mol. The Morgan fingerprint density at radius 1 is 0.356 bits per heavy atom. The number of hydrogen-bond donors (Lipinski definition) is 2. The van der Waals surface area contributed by atoms with E-state index in [1.54, 1.807) is 0 Å². The molecule has 0 aromatic heterocycles. The summed E-state index contributed by atoms with van der Waals surface area (Å²) in [5.74, 6) is 0. The molecule has 0 amide bonds. The van der Waals surface area contributed by atoms with Crippen LogP contribution in [-0.2, 0) is 0 Å². The van der Waals surface area contributed by atoms with E-state index in [-0.39, 0.29) is 0 Å². The van der Waals surface area contributed by atoms with E-state index < -0.39 is 0 Å². The van der Waals surface area contributed by atoms with Crippen LogP contribution in [0.15, 0.2) is 176 Å². The van der Waals surface area contributed by atoms with Gasteiger partial charge in [-0.3, -0.25) is 0 Å². The topological polar surface area (TPSA) is 35.9 Å². The molecule has 0 atom stereocenters. The average Bonchev–Trinajstić information content (AvgIpc) is 3.12. The maximum Gasteiger partial charge on any atom is 0.0470 e. The van der Waals surface area contributed by atoms with Crippen LogP contribution >= 0.6 is 0 Å². The Kier molecular flexibility index (Phi) is 7.86. The highest BCUT2D eigenvalue weighted by molar-refractivity contribution is 5.88. The summed E-state index contributed by atoms with van der Waals surface area (Å²) in [7, 11) is 0. The third-order valence-electron chi connectivity index (χ3n) is 8.13. The number of rotatable bonds is 8. The number of anilines is 2. The lowest BCUT2D eigenvalue weighted by atomic mass is 9.93. The normalized spacial score (nSPS) is 10.8. The summed E-state index contributed by atoms with van der Waals surface area (Å²) in [5.41, 5.74) is 14.5. The van der Waals surface area contributed by atoms with Gasteiger partial charge in [0, 0.05) is 23.2 Å². The van der Waals surface area contributed by atoms with Crippen molar-refractivity contribution in [2.45, 2.75) is 0 Å². The van der Waals surface area contributed by atoms with Crippen molar-refractivity contribution in [1.82, 2.24) is 0 Å². The zero-order valence-corrected chi connectivity index (χ0v) is 24.8. The molecule has 0 radical (unpaired) electrons. The highest BCUT2D eigenvalue weighted by Crippen LogP contribution is 2.37. The van der Waals surface area contributed by atoms with Crippen molar-refractivity contribution < 1.29 is 0 Å². The number of nitrogens with one attached hydrogen (secondary N) is 2. The molecule has 0 fully saturated rings. The van der Waals surface area contributed by atoms with Gasteiger partial charge in [-0.25, -0.2) is 0 Å². The Balaban J connectivity index is 1.30. The molecule has 0 spiro atoms. The van der Waals surface area contributed by atoms with E-state index in [1.807, 2.05) is 30.3 Å². The number of hydrogen-bond acceptors (Lipinski definition) is 2. The van der Waals surface area contributed by atoms with Gasteiger partial charge in [0.15, 0.2) is 0 Å². The zero-order chi connectivity index (χ0) is 30.4. The lowest BCUT2D eigenvalue weighted by Gasteiger charge is -2.16. The SMILES string of the molecule is N=Cc1cccc(Nc2cc(-c3cccc(-c4ccccc4)c3)ccc2-c2cccc(-c3cccc(-c4ccccc4)c3)c2)c1. The maximum absolute atomic E-state index is 7.76. The third kappa shape index (κ3) is 6.22. The van der Waals surface area contributed by atoms with Gasteiger partial charge in [-0.1, -0.05) is 140 Å². The van der Waals surface area contributed by atoms with Gasteiger partial charge in [-0.05, 0) is 92.0 Å². The highest BCUT2D eigenvalue weighted by atomic mass is 14.9. The first kappa shape index (κ1) is 27.8. The third-order valence-corrected chi connectivity index (χ3v) is 8.13. The first-order valence-electron chi connectivity index (χ1n) is 15.2. The Hall–Kier alpha value is -5.99. The quantitative estimate of drug-likeness (QED) is 0.173. The van der Waals surface area contributed by atoms with Crippen LogP contribution < -0.4 is 5.32 Å². The van der Waals surface area contributed by atoms with Crippen molar-refractivity contribution in [1.29, 1.82) is 5.41 Å². The Bertz CT molecular complexity index is 2100. The van der Waals surface area contributed by atoms with E-state index in [0.29, 0.717) is 0 Å².